The Morgan fingerprint density at radius 1 is 1.12 bits per heavy atom. The first kappa shape index (κ1) is 36.8. The van der Waals surface area contributed by atoms with E-state index in [1.54, 1.807) is 0 Å². The van der Waals surface area contributed by atoms with Gasteiger partial charge < -0.3 is 25.4 Å². The predicted octanol–water partition coefficient (Wildman–Crippen LogP) is -5.65. The first-order chi connectivity index (χ1) is 19.2. The summed E-state index contributed by atoms with van der Waals surface area (Å²) in [4.78, 5) is 75.4. The van der Waals surface area contributed by atoms with Crippen LogP contribution in [0.4, 0.5) is 0 Å². The number of ketones is 2. The maximum absolute atomic E-state index is 12.6. The first-order valence-electron chi connectivity index (χ1n) is 11.0. The van der Waals surface area contributed by atoms with Crippen molar-refractivity contribution in [3.8, 4) is 0 Å². The Hall–Kier alpha value is -3.24. The Kier molecular flexibility index (Phi) is 14.9. The number of carboxylic acids is 3. The van der Waals surface area contributed by atoms with Gasteiger partial charge in [-0.2, -0.15) is 0 Å². The predicted molar refractivity (Wildman–Crippen MR) is 137 cm³/mol. The topological polar surface area (TPSA) is 268 Å². The van der Waals surface area contributed by atoms with Gasteiger partial charge in [0, 0.05) is 25.4 Å². The Balaban J connectivity index is 0.000000575. The van der Waals surface area contributed by atoms with Crippen LogP contribution >= 0.6 is 34.9 Å². The molecule has 4 rings (SSSR count). The minimum Gasteiger partial charge on any atom is -0.543 e. The van der Waals surface area contributed by atoms with Crippen molar-refractivity contribution in [2.45, 2.75) is 43.1 Å². The molecule has 42 heavy (non-hydrogen) atoms. The summed E-state index contributed by atoms with van der Waals surface area (Å²) in [5, 5.41) is 48.3. The zero-order chi connectivity index (χ0) is 30.9. The molecule has 2 aliphatic rings. The number of carboxylic acid groups (broad SMARTS) is 3. The number of Topliss-reactive ketones (excluding diaryl/α,β-unsaturated/α-hetero) is 2. The average molecular weight is 653 g/mol. The summed E-state index contributed by atoms with van der Waals surface area (Å²) in [6, 6.07) is -0.807. The molecule has 2 aliphatic heterocycles. The summed E-state index contributed by atoms with van der Waals surface area (Å²) >= 11 is 4.17. The number of carbonyl (C=O) groups is 7. The molecule has 2 aromatic rings. The molecular formula is C20H21N8NaO10S3. The third kappa shape index (κ3) is 10.5. The first-order valence-corrected chi connectivity index (χ1v) is 13.9. The largest absolute Gasteiger partial charge is 1.00 e. The number of thioether (sulfide) groups is 2. The Morgan fingerprint density at radius 3 is 2.17 bits per heavy atom. The van der Waals surface area contributed by atoms with Gasteiger partial charge in [0.25, 0.3) is 5.91 Å². The van der Waals surface area contributed by atoms with Gasteiger partial charge in [-0.05, 0) is 22.9 Å². The van der Waals surface area contributed by atoms with Crippen molar-refractivity contribution in [3.05, 3.63) is 22.6 Å². The van der Waals surface area contributed by atoms with Gasteiger partial charge >= 0.3 is 41.5 Å². The zero-order valence-electron chi connectivity index (χ0n) is 22.4. The van der Waals surface area contributed by atoms with Crippen molar-refractivity contribution in [1.82, 2.24) is 40.6 Å². The smallest absolute Gasteiger partial charge is 0.543 e. The van der Waals surface area contributed by atoms with Gasteiger partial charge in [0.2, 0.25) is 17.5 Å². The minimum atomic E-state index is -1.41. The standard InChI is InChI=1S/C14H14N8O4S3.2C3H4O3.Na/c1-6-17-18-14(29-6)28-4-7-3-27-12-9(11(24)22(12)10(7)13(25)26)16-8(23)2-21-5-15-19-20-21;2*1-2(4)3(5)6;/h5,9,12H,2-4H2,1H3,(H,16,23)(H,25,26);2*1H3,(H,5,6);/q;;;+1/p-1/t9-,12-;;;/m1.../s1. The Morgan fingerprint density at radius 2 is 1.71 bits per heavy atom. The maximum atomic E-state index is 12.6. The van der Waals surface area contributed by atoms with Crippen LogP contribution in [0, 0.1) is 6.92 Å². The minimum absolute atomic E-state index is 0. The Labute approximate surface area is 271 Å². The third-order valence-electron chi connectivity index (χ3n) is 4.73. The molecule has 2 amide bonds. The number of carbonyl (C=O) groups excluding carboxylic acids is 5. The van der Waals surface area contributed by atoms with E-state index in [0.29, 0.717) is 17.1 Å². The second-order valence-electron chi connectivity index (χ2n) is 7.80. The molecule has 18 nitrogen and oxygen atoms in total. The van der Waals surface area contributed by atoms with Crippen molar-refractivity contribution in [2.24, 2.45) is 0 Å². The number of hydrogen-bond donors (Lipinski definition) is 3. The van der Waals surface area contributed by atoms with Crippen LogP contribution in [0.2, 0.25) is 0 Å². The molecule has 0 radical (unpaired) electrons. The van der Waals surface area contributed by atoms with Crippen LogP contribution in [0.1, 0.15) is 18.9 Å². The molecule has 0 unspecified atom stereocenters. The number of aliphatic carboxylic acids is 3. The molecule has 4 heterocycles. The van der Waals surface area contributed by atoms with Crippen molar-refractivity contribution >= 4 is 76.1 Å². The number of fused-ring (bicyclic) bond motifs is 1. The normalized spacial score (nSPS) is 16.6. The van der Waals surface area contributed by atoms with Crippen molar-refractivity contribution in [2.75, 3.05) is 11.5 Å². The molecule has 1 saturated heterocycles. The van der Waals surface area contributed by atoms with Gasteiger partial charge in [0.15, 0.2) is 4.34 Å². The number of tetrazole rings is 1. The van der Waals surface area contributed by atoms with Crippen LogP contribution in [-0.4, -0.2) is 110 Å². The molecule has 220 valence electrons. The van der Waals surface area contributed by atoms with E-state index in [1.807, 2.05) is 6.92 Å². The summed E-state index contributed by atoms with van der Waals surface area (Å²) in [5.41, 5.74) is 0.453. The number of aromatic nitrogens is 6. The molecule has 1 fully saturated rings. The zero-order valence-corrected chi connectivity index (χ0v) is 26.8. The molecule has 0 aliphatic carbocycles. The Bertz CT molecular complexity index is 1340. The number of nitrogens with zero attached hydrogens (tertiary/aromatic N) is 7. The molecular weight excluding hydrogens is 631 g/mol. The fourth-order valence-electron chi connectivity index (χ4n) is 2.89. The van der Waals surface area contributed by atoms with E-state index in [0.717, 1.165) is 23.2 Å². The van der Waals surface area contributed by atoms with E-state index in [9.17, 15) is 38.7 Å². The summed E-state index contributed by atoms with van der Waals surface area (Å²) in [7, 11) is 0. The van der Waals surface area contributed by atoms with Gasteiger partial charge in [-0.15, -0.1) is 27.1 Å². The molecule has 2 aromatic heterocycles. The molecule has 22 heteroatoms. The number of aryl methyl sites for hydroxylation is 1. The molecule has 0 spiro atoms. The van der Waals surface area contributed by atoms with E-state index < -0.39 is 52.7 Å². The number of amides is 2. The molecule has 0 bridgehead atoms. The second-order valence-corrected chi connectivity index (χ2v) is 11.3. The van der Waals surface area contributed by atoms with Crippen molar-refractivity contribution in [3.63, 3.8) is 0 Å². The number of nitrogens with one attached hydrogen (secondary N) is 1. The van der Waals surface area contributed by atoms with Crippen LogP contribution < -0.4 is 40.0 Å². The molecule has 0 saturated carbocycles. The van der Waals surface area contributed by atoms with E-state index in [-0.39, 0.29) is 41.8 Å². The van der Waals surface area contributed by atoms with Gasteiger partial charge in [-0.1, -0.05) is 23.1 Å². The third-order valence-corrected chi connectivity index (χ3v) is 8.13. The van der Waals surface area contributed by atoms with E-state index in [2.05, 4.69) is 31.0 Å². The summed E-state index contributed by atoms with van der Waals surface area (Å²) < 4.78 is 1.95. The van der Waals surface area contributed by atoms with Crippen LogP contribution in [0.15, 0.2) is 21.9 Å². The fourth-order valence-corrected chi connectivity index (χ4v) is 6.19. The molecule has 3 N–H and O–H groups in total. The van der Waals surface area contributed by atoms with Gasteiger partial charge in [0.05, 0.1) is 11.7 Å². The van der Waals surface area contributed by atoms with Crippen LogP contribution in [-0.2, 0) is 40.1 Å². The molecule has 2 atom stereocenters. The second kappa shape index (κ2) is 17.0. The monoisotopic (exact) mass is 652 g/mol. The maximum Gasteiger partial charge on any atom is 1.00 e. The number of β-lactam (4-membered cyclic amide) rings is 1. The fraction of sp³-hybridized carbons (Fsp3) is 0.400. The van der Waals surface area contributed by atoms with Gasteiger partial charge in [0.1, 0.15) is 29.3 Å². The van der Waals surface area contributed by atoms with Crippen LogP contribution in [0.5, 0.6) is 0 Å². The average Bonchev–Trinajstić information content (AvgIpc) is 3.57. The van der Waals surface area contributed by atoms with E-state index >= 15 is 0 Å². The van der Waals surface area contributed by atoms with Gasteiger partial charge in [-0.3, -0.25) is 24.1 Å². The number of rotatable bonds is 9. The quantitative estimate of drug-likeness (QED) is 0.0986. The van der Waals surface area contributed by atoms with E-state index in [1.165, 1.54) is 50.8 Å². The van der Waals surface area contributed by atoms with E-state index in [4.69, 9.17) is 10.2 Å². The van der Waals surface area contributed by atoms with Crippen LogP contribution in [0.25, 0.3) is 0 Å². The molecule has 0 aromatic carbocycles. The van der Waals surface area contributed by atoms with Gasteiger partial charge in [-0.25, -0.2) is 14.3 Å². The summed E-state index contributed by atoms with van der Waals surface area (Å²) in [6.07, 6.45) is 1.28. The summed E-state index contributed by atoms with van der Waals surface area (Å²) in [6.45, 7) is 3.70. The SMILES string of the molecule is CC(=O)C(=O)O.CC(=O)C(=O)O.Cc1nnc(SCC2=C(C(=O)[O-])N3C(=O)[C@@H](NC(=O)Cn4cnnn4)[C@H]3SC2)s1.[Na+]. The number of hydrogen-bond acceptors (Lipinski definition) is 16. The van der Waals surface area contributed by atoms with Crippen molar-refractivity contribution < 1.29 is 78.4 Å². The van der Waals surface area contributed by atoms with Crippen molar-refractivity contribution in [1.29, 1.82) is 0 Å². The van der Waals surface area contributed by atoms with Crippen LogP contribution in [0.3, 0.4) is 0 Å². The summed E-state index contributed by atoms with van der Waals surface area (Å²) in [5.74, 6) is -5.98.